The molecule has 0 atom stereocenters. The van der Waals surface area contributed by atoms with Crippen LogP contribution in [-0.2, 0) is 11.8 Å². The monoisotopic (exact) mass is 262 g/mol. The molecule has 100 valence electrons. The molecule has 0 unspecified atom stereocenters. The zero-order chi connectivity index (χ0) is 13.7. The number of hydrogen-bond donors (Lipinski definition) is 2. The Balaban J connectivity index is 1.91. The highest BCUT2D eigenvalue weighted by molar-refractivity contribution is 6.00. The molecule has 0 aliphatic rings. The molecular weight excluding hydrogens is 248 g/mol. The first-order chi connectivity index (χ1) is 9.17. The van der Waals surface area contributed by atoms with Crippen LogP contribution in [0.5, 0.6) is 6.01 Å². The lowest BCUT2D eigenvalue weighted by Crippen LogP contribution is -2.09. The molecule has 19 heavy (non-hydrogen) atoms. The van der Waals surface area contributed by atoms with Gasteiger partial charge in [-0.3, -0.25) is 14.8 Å². The second kappa shape index (κ2) is 5.80. The van der Waals surface area contributed by atoms with E-state index in [1.165, 1.54) is 6.08 Å². The average molecular weight is 262 g/mol. The summed E-state index contributed by atoms with van der Waals surface area (Å²) in [5, 5.41) is 12.9. The summed E-state index contributed by atoms with van der Waals surface area (Å²) in [6, 6.07) is 0.203. The fourth-order valence-corrected chi connectivity index (χ4v) is 1.35. The van der Waals surface area contributed by atoms with Crippen LogP contribution in [0.2, 0.25) is 0 Å². The number of H-pyrrole nitrogens is 1. The van der Waals surface area contributed by atoms with Gasteiger partial charge in [0, 0.05) is 24.9 Å². The van der Waals surface area contributed by atoms with Crippen LogP contribution >= 0.6 is 0 Å². The average Bonchev–Trinajstić information content (AvgIpc) is 2.97. The molecule has 0 saturated heterocycles. The molecule has 2 aromatic heterocycles. The van der Waals surface area contributed by atoms with Gasteiger partial charge in [0.1, 0.15) is 0 Å². The van der Waals surface area contributed by atoms with Gasteiger partial charge < -0.3 is 4.74 Å². The summed E-state index contributed by atoms with van der Waals surface area (Å²) in [6.07, 6.45) is 6.50. The number of nitrogens with zero attached hydrogens (tertiary/aromatic N) is 4. The van der Waals surface area contributed by atoms with Gasteiger partial charge in [0.25, 0.3) is 5.91 Å². The molecule has 0 aliphatic heterocycles. The number of hydrogen-bond acceptors (Lipinski definition) is 5. The molecule has 2 heterocycles. The predicted octanol–water partition coefficient (Wildman–Crippen LogP) is 0.589. The van der Waals surface area contributed by atoms with Gasteiger partial charge in [-0.15, -0.1) is 5.10 Å². The van der Waals surface area contributed by atoms with E-state index < -0.39 is 0 Å². The van der Waals surface area contributed by atoms with Crippen molar-refractivity contribution in [1.82, 2.24) is 25.0 Å². The van der Waals surface area contributed by atoms with Crippen molar-refractivity contribution in [2.24, 2.45) is 7.05 Å². The van der Waals surface area contributed by atoms with Crippen LogP contribution in [0.4, 0.5) is 5.95 Å². The third-order valence-corrected chi connectivity index (χ3v) is 2.13. The van der Waals surface area contributed by atoms with Crippen LogP contribution in [0, 0.1) is 0 Å². The Hall–Kier alpha value is -2.64. The molecule has 2 rings (SSSR count). The number of aromatic amines is 1. The van der Waals surface area contributed by atoms with Crippen LogP contribution < -0.4 is 10.1 Å². The van der Waals surface area contributed by atoms with Crippen LogP contribution in [-0.4, -0.2) is 37.5 Å². The Labute approximate surface area is 109 Å². The number of anilines is 1. The number of nitrogens with one attached hydrogen (secondary N) is 2. The second-order valence-corrected chi connectivity index (χ2v) is 3.67. The maximum atomic E-state index is 11.6. The maximum Gasteiger partial charge on any atom is 0.337 e. The van der Waals surface area contributed by atoms with Gasteiger partial charge in [-0.2, -0.15) is 10.1 Å². The SMILES string of the molecule is CCOc1n[nH]c(NC(=O)/C=C/c2cnn(C)c2)n1. The smallest absolute Gasteiger partial charge is 0.337 e. The summed E-state index contributed by atoms with van der Waals surface area (Å²) >= 11 is 0. The Bertz CT molecular complexity index is 586. The quantitative estimate of drug-likeness (QED) is 0.768. The number of carbonyl (C=O) groups excluding carboxylic acids is 1. The van der Waals surface area contributed by atoms with E-state index in [9.17, 15) is 4.79 Å². The van der Waals surface area contributed by atoms with E-state index >= 15 is 0 Å². The van der Waals surface area contributed by atoms with Gasteiger partial charge in [0.15, 0.2) is 0 Å². The van der Waals surface area contributed by atoms with Gasteiger partial charge in [-0.25, -0.2) is 5.10 Å². The van der Waals surface area contributed by atoms with E-state index in [1.54, 1.807) is 30.2 Å². The number of carbonyl (C=O) groups is 1. The summed E-state index contributed by atoms with van der Waals surface area (Å²) in [7, 11) is 1.81. The minimum atomic E-state index is -0.317. The van der Waals surface area contributed by atoms with Crippen LogP contribution in [0.3, 0.4) is 0 Å². The van der Waals surface area contributed by atoms with Crippen molar-refractivity contribution < 1.29 is 9.53 Å². The first kappa shape index (κ1) is 12.8. The number of amides is 1. The number of ether oxygens (including phenoxy) is 1. The topological polar surface area (TPSA) is 97.7 Å². The zero-order valence-corrected chi connectivity index (χ0v) is 10.6. The van der Waals surface area contributed by atoms with E-state index in [2.05, 4.69) is 25.6 Å². The van der Waals surface area contributed by atoms with Crippen LogP contribution in [0.1, 0.15) is 12.5 Å². The fraction of sp³-hybridized carbons (Fsp3) is 0.273. The molecule has 0 spiro atoms. The standard InChI is InChI=1S/C11H14N6O2/c1-3-19-11-14-10(15-16-11)13-9(18)5-4-8-6-12-17(2)7-8/h4-7H,3H2,1-2H3,(H2,13,14,15,16,18)/b5-4+. The summed E-state index contributed by atoms with van der Waals surface area (Å²) in [4.78, 5) is 15.5. The lowest BCUT2D eigenvalue weighted by molar-refractivity contribution is -0.111. The summed E-state index contributed by atoms with van der Waals surface area (Å²) in [5.41, 5.74) is 0.838. The highest BCUT2D eigenvalue weighted by Crippen LogP contribution is 2.06. The Morgan fingerprint density at radius 3 is 3.16 bits per heavy atom. The Morgan fingerprint density at radius 2 is 2.47 bits per heavy atom. The van der Waals surface area contributed by atoms with E-state index in [-0.39, 0.29) is 17.9 Å². The second-order valence-electron chi connectivity index (χ2n) is 3.67. The van der Waals surface area contributed by atoms with Crippen molar-refractivity contribution in [2.45, 2.75) is 6.92 Å². The van der Waals surface area contributed by atoms with Crippen molar-refractivity contribution >= 4 is 17.9 Å². The molecule has 2 aromatic rings. The molecule has 0 aliphatic carbocycles. The molecule has 0 aromatic carbocycles. The van der Waals surface area contributed by atoms with Gasteiger partial charge in [0.2, 0.25) is 5.95 Å². The van der Waals surface area contributed by atoms with Crippen molar-refractivity contribution in [3.63, 3.8) is 0 Å². The first-order valence-corrected chi connectivity index (χ1v) is 5.70. The largest absolute Gasteiger partial charge is 0.463 e. The molecule has 0 radical (unpaired) electrons. The maximum absolute atomic E-state index is 11.6. The van der Waals surface area contributed by atoms with Gasteiger partial charge in [0.05, 0.1) is 12.8 Å². The number of rotatable bonds is 5. The van der Waals surface area contributed by atoms with Crippen molar-refractivity contribution in [2.75, 3.05) is 11.9 Å². The Morgan fingerprint density at radius 1 is 1.63 bits per heavy atom. The highest BCUT2D eigenvalue weighted by Gasteiger charge is 2.05. The van der Waals surface area contributed by atoms with E-state index in [0.717, 1.165) is 5.56 Å². The van der Waals surface area contributed by atoms with E-state index in [4.69, 9.17) is 4.74 Å². The van der Waals surface area contributed by atoms with Gasteiger partial charge in [-0.05, 0) is 13.0 Å². The fourth-order valence-electron chi connectivity index (χ4n) is 1.35. The van der Waals surface area contributed by atoms with Gasteiger partial charge in [-0.1, -0.05) is 0 Å². The number of aromatic nitrogens is 5. The lowest BCUT2D eigenvalue weighted by Gasteiger charge is -1.94. The van der Waals surface area contributed by atoms with Crippen molar-refractivity contribution in [3.8, 4) is 6.01 Å². The third-order valence-electron chi connectivity index (χ3n) is 2.13. The third kappa shape index (κ3) is 3.66. The molecule has 0 bridgehead atoms. The first-order valence-electron chi connectivity index (χ1n) is 5.70. The molecule has 1 amide bonds. The summed E-state index contributed by atoms with van der Waals surface area (Å²) in [5.74, 6) is -0.0765. The normalized spacial score (nSPS) is 10.8. The van der Waals surface area contributed by atoms with E-state index in [1.807, 2.05) is 6.92 Å². The molecule has 2 N–H and O–H groups in total. The summed E-state index contributed by atoms with van der Waals surface area (Å²) < 4.78 is 6.72. The molecule has 8 heteroatoms. The number of aryl methyl sites for hydroxylation is 1. The minimum absolute atomic E-state index is 0.203. The lowest BCUT2D eigenvalue weighted by atomic mass is 10.3. The highest BCUT2D eigenvalue weighted by atomic mass is 16.5. The van der Waals surface area contributed by atoms with Crippen molar-refractivity contribution in [1.29, 1.82) is 0 Å². The molecular formula is C11H14N6O2. The van der Waals surface area contributed by atoms with Crippen LogP contribution in [0.15, 0.2) is 18.5 Å². The minimum Gasteiger partial charge on any atom is -0.463 e. The summed E-state index contributed by atoms with van der Waals surface area (Å²) in [6.45, 7) is 2.29. The zero-order valence-electron chi connectivity index (χ0n) is 10.6. The van der Waals surface area contributed by atoms with Crippen LogP contribution in [0.25, 0.3) is 6.08 Å². The molecule has 8 nitrogen and oxygen atoms in total. The van der Waals surface area contributed by atoms with Crippen molar-refractivity contribution in [3.05, 3.63) is 24.0 Å². The molecule has 0 fully saturated rings. The molecule has 0 saturated carbocycles. The Kier molecular flexibility index (Phi) is 3.91. The predicted molar refractivity (Wildman–Crippen MR) is 68.4 cm³/mol. The van der Waals surface area contributed by atoms with E-state index in [0.29, 0.717) is 6.61 Å². The van der Waals surface area contributed by atoms with Gasteiger partial charge >= 0.3 is 6.01 Å².